The van der Waals surface area contributed by atoms with Gasteiger partial charge in [-0.25, -0.2) is 13.8 Å². The van der Waals surface area contributed by atoms with E-state index in [9.17, 15) is 18.4 Å². The number of nitrogens with zero attached hydrogens (tertiary/aromatic N) is 1. The Morgan fingerprint density at radius 3 is 2.40 bits per heavy atom. The van der Waals surface area contributed by atoms with Crippen molar-refractivity contribution in [3.05, 3.63) is 52.7 Å². The van der Waals surface area contributed by atoms with Gasteiger partial charge in [0.2, 0.25) is 0 Å². The number of amides is 1. The third kappa shape index (κ3) is 8.55. The summed E-state index contributed by atoms with van der Waals surface area (Å²) >= 11 is 0. The predicted octanol–water partition coefficient (Wildman–Crippen LogP) is 4.30. The number of ether oxygens (including phenoxy) is 1. The number of unbranched alkanes of at least 4 members (excludes halogenated alkanes) is 1. The van der Waals surface area contributed by atoms with Gasteiger partial charge < -0.3 is 20.2 Å². The van der Waals surface area contributed by atoms with Crippen molar-refractivity contribution in [2.45, 2.75) is 46.6 Å². The Kier molecular flexibility index (Phi) is 11.0. The molecule has 0 radical (unpaired) electrons. The average molecular weight is 421 g/mol. The van der Waals surface area contributed by atoms with E-state index >= 15 is 0 Å². The van der Waals surface area contributed by atoms with Gasteiger partial charge in [0.05, 0.1) is 0 Å². The highest BCUT2D eigenvalue weighted by Gasteiger charge is 2.11. The Morgan fingerprint density at radius 1 is 1.23 bits per heavy atom. The topological polar surface area (TPSA) is 80.3 Å². The lowest BCUT2D eigenvalue weighted by Crippen LogP contribution is -2.23. The highest BCUT2D eigenvalue weighted by Crippen LogP contribution is 2.25. The van der Waals surface area contributed by atoms with E-state index in [1.807, 2.05) is 19.1 Å². The van der Waals surface area contributed by atoms with Crippen LogP contribution in [0.1, 0.15) is 46.8 Å². The molecule has 6 nitrogen and oxygen atoms in total. The Hall–Kier alpha value is -3.03. The molecular weight excluding hydrogens is 392 g/mol. The minimum absolute atomic E-state index is 0.216. The minimum atomic E-state index is -2.51. The third-order valence-electron chi connectivity index (χ3n) is 4.01. The summed E-state index contributed by atoms with van der Waals surface area (Å²) < 4.78 is 29.8. The number of carbonyl (C=O) groups excluding carboxylic acids is 2. The summed E-state index contributed by atoms with van der Waals surface area (Å²) in [5, 5.41) is 5.71. The molecule has 1 amide bonds. The Balaban J connectivity index is 0.000000804. The van der Waals surface area contributed by atoms with Crippen LogP contribution in [0.2, 0.25) is 0 Å². The van der Waals surface area contributed by atoms with Crippen molar-refractivity contribution in [1.82, 2.24) is 10.3 Å². The van der Waals surface area contributed by atoms with E-state index < -0.39 is 13.0 Å². The van der Waals surface area contributed by atoms with Gasteiger partial charge in [-0.2, -0.15) is 0 Å². The first kappa shape index (κ1) is 25.0. The molecule has 0 aliphatic heterocycles. The van der Waals surface area contributed by atoms with E-state index in [-0.39, 0.29) is 5.91 Å². The van der Waals surface area contributed by atoms with Crippen LogP contribution in [0, 0.1) is 13.8 Å². The molecule has 30 heavy (non-hydrogen) atoms. The normalized spacial score (nSPS) is 10.1. The van der Waals surface area contributed by atoms with Crippen molar-refractivity contribution in [3.63, 3.8) is 0 Å². The quantitative estimate of drug-likeness (QED) is 0.590. The van der Waals surface area contributed by atoms with E-state index in [0.29, 0.717) is 30.1 Å². The zero-order valence-corrected chi connectivity index (χ0v) is 17.8. The number of benzene rings is 1. The van der Waals surface area contributed by atoms with Gasteiger partial charge in [-0.3, -0.25) is 4.79 Å². The molecule has 0 fully saturated rings. The molecule has 0 saturated carbocycles. The first-order chi connectivity index (χ1) is 14.3. The number of aromatic nitrogens is 1. The summed E-state index contributed by atoms with van der Waals surface area (Å²) in [6.45, 7) is 5.26. The van der Waals surface area contributed by atoms with Crippen molar-refractivity contribution in [3.8, 4) is 5.75 Å². The van der Waals surface area contributed by atoms with Crippen LogP contribution in [0.5, 0.6) is 5.75 Å². The van der Waals surface area contributed by atoms with Crippen LogP contribution in [0.4, 0.5) is 14.6 Å². The number of carbonyl (C=O) groups is 2. The van der Waals surface area contributed by atoms with Crippen molar-refractivity contribution in [2.24, 2.45) is 0 Å². The molecule has 0 spiro atoms. The lowest BCUT2D eigenvalue weighted by Gasteiger charge is -2.14. The fourth-order valence-corrected chi connectivity index (χ4v) is 2.63. The molecule has 2 N–H and O–H groups in total. The predicted molar refractivity (Wildman–Crippen MR) is 113 cm³/mol. The van der Waals surface area contributed by atoms with Crippen molar-refractivity contribution < 1.29 is 23.1 Å². The number of anilines is 1. The average Bonchev–Trinajstić information content (AvgIpc) is 2.72. The molecule has 0 aliphatic carbocycles. The smallest absolute Gasteiger partial charge is 0.272 e. The van der Waals surface area contributed by atoms with Crippen molar-refractivity contribution >= 4 is 18.0 Å². The second-order valence-electron chi connectivity index (χ2n) is 6.58. The van der Waals surface area contributed by atoms with E-state index in [0.717, 1.165) is 29.4 Å². The van der Waals surface area contributed by atoms with E-state index in [1.165, 1.54) is 0 Å². The molecule has 164 valence electrons. The number of pyridine rings is 1. The summed E-state index contributed by atoms with van der Waals surface area (Å²) in [4.78, 5) is 25.7. The lowest BCUT2D eigenvalue weighted by molar-refractivity contribution is -0.107. The van der Waals surface area contributed by atoms with Crippen LogP contribution in [0.25, 0.3) is 0 Å². The largest absolute Gasteiger partial charge is 0.487 e. The van der Waals surface area contributed by atoms with Gasteiger partial charge in [0.25, 0.3) is 12.3 Å². The molecule has 0 bridgehead atoms. The number of aldehydes is 1. The zero-order chi connectivity index (χ0) is 22.5. The number of nitrogens with one attached hydrogen (secondary N) is 2. The van der Waals surface area contributed by atoms with Gasteiger partial charge in [-0.1, -0.05) is 19.1 Å². The minimum Gasteiger partial charge on any atom is -0.487 e. The molecule has 0 aliphatic rings. The molecular formula is C22H29F2N3O3. The highest BCUT2D eigenvalue weighted by molar-refractivity contribution is 5.94. The Bertz CT molecular complexity index is 806. The first-order valence-corrected chi connectivity index (χ1v) is 9.69. The summed E-state index contributed by atoms with van der Waals surface area (Å²) in [6, 6.07) is 6.93. The number of aryl methyl sites for hydroxylation is 2. The van der Waals surface area contributed by atoms with Crippen LogP contribution in [-0.4, -0.2) is 37.3 Å². The number of hydrogen-bond donors (Lipinski definition) is 2. The second kappa shape index (κ2) is 13.2. The van der Waals surface area contributed by atoms with Gasteiger partial charge in [-0.15, -0.1) is 0 Å². The Labute approximate surface area is 176 Å². The third-order valence-corrected chi connectivity index (χ3v) is 4.01. The molecule has 8 heteroatoms. The summed E-state index contributed by atoms with van der Waals surface area (Å²) in [7, 11) is 1.73. The Morgan fingerprint density at radius 2 is 1.90 bits per heavy atom. The van der Waals surface area contributed by atoms with E-state index in [2.05, 4.69) is 15.6 Å². The van der Waals surface area contributed by atoms with Gasteiger partial charge >= 0.3 is 0 Å². The lowest BCUT2D eigenvalue weighted by atomic mass is 10.1. The van der Waals surface area contributed by atoms with Crippen LogP contribution >= 0.6 is 0 Å². The summed E-state index contributed by atoms with van der Waals surface area (Å²) in [5.74, 6) is 0.857. The molecule has 0 saturated heterocycles. The maximum Gasteiger partial charge on any atom is 0.272 e. The number of halogens is 2. The second-order valence-corrected chi connectivity index (χ2v) is 6.58. The fraction of sp³-hybridized carbons (Fsp3) is 0.409. The molecule has 1 heterocycles. The highest BCUT2D eigenvalue weighted by atomic mass is 19.3. The summed E-state index contributed by atoms with van der Waals surface area (Å²) in [6.07, 6.45) is 1.66. The van der Waals surface area contributed by atoms with Crippen LogP contribution in [0.3, 0.4) is 0 Å². The SMILES string of the molecule is CCCC=O.CNc1cc(C(=O)NCc2cc(C)c(OCC(F)F)c(C)c2)ccn1. The van der Waals surface area contributed by atoms with Crippen molar-refractivity contribution in [2.75, 3.05) is 19.0 Å². The van der Waals surface area contributed by atoms with Gasteiger partial charge in [0.15, 0.2) is 0 Å². The van der Waals surface area contributed by atoms with Gasteiger partial charge in [0.1, 0.15) is 24.5 Å². The first-order valence-electron chi connectivity index (χ1n) is 9.69. The molecule has 2 aromatic rings. The maximum absolute atomic E-state index is 12.3. The molecule has 0 unspecified atom stereocenters. The molecule has 1 aromatic carbocycles. The molecule has 0 atom stereocenters. The van der Waals surface area contributed by atoms with E-state index in [4.69, 9.17) is 4.74 Å². The fourth-order valence-electron chi connectivity index (χ4n) is 2.63. The van der Waals surface area contributed by atoms with Crippen LogP contribution in [0.15, 0.2) is 30.5 Å². The molecule has 2 rings (SSSR count). The maximum atomic E-state index is 12.3. The number of rotatable bonds is 9. The zero-order valence-electron chi connectivity index (χ0n) is 17.8. The van der Waals surface area contributed by atoms with E-state index in [1.54, 1.807) is 39.2 Å². The standard InChI is InChI=1S/C18H21F2N3O2.C4H8O/c1-11-6-13(7-12(2)17(11)25-10-15(19)20)9-23-18(24)14-4-5-22-16(8-14)21-3;1-2-3-4-5/h4-8,15H,9-10H2,1-3H3,(H,21,22)(H,23,24);4H,2-3H2,1H3. The number of alkyl halides is 2. The monoisotopic (exact) mass is 421 g/mol. The molecule has 1 aromatic heterocycles. The van der Waals surface area contributed by atoms with Gasteiger partial charge in [-0.05, 0) is 49.1 Å². The van der Waals surface area contributed by atoms with Crippen molar-refractivity contribution in [1.29, 1.82) is 0 Å². The van der Waals surface area contributed by atoms with Gasteiger partial charge in [0, 0.05) is 31.8 Å². The number of hydrogen-bond acceptors (Lipinski definition) is 5. The summed E-state index contributed by atoms with van der Waals surface area (Å²) in [5.41, 5.74) is 2.89. The van der Waals surface area contributed by atoms with Crippen LogP contribution in [-0.2, 0) is 11.3 Å². The van der Waals surface area contributed by atoms with Crippen LogP contribution < -0.4 is 15.4 Å².